The lowest BCUT2D eigenvalue weighted by Gasteiger charge is -2.15. The molecule has 0 unspecified atom stereocenters. The molecule has 0 bridgehead atoms. The fourth-order valence-electron chi connectivity index (χ4n) is 4.08. The van der Waals surface area contributed by atoms with Gasteiger partial charge in [-0.05, 0) is 42.2 Å². The van der Waals surface area contributed by atoms with Crippen molar-refractivity contribution in [2.45, 2.75) is 38.5 Å². The molecule has 2 heterocycles. The Hall–Kier alpha value is -4.09. The van der Waals surface area contributed by atoms with Crippen LogP contribution in [-0.4, -0.2) is 27.0 Å². The number of para-hydroxylation sites is 1. The minimum absolute atomic E-state index is 0.0155. The highest BCUT2D eigenvalue weighted by Crippen LogP contribution is 2.36. The number of hydrogen-bond acceptors (Lipinski definition) is 8. The van der Waals surface area contributed by atoms with Gasteiger partial charge in [-0.2, -0.15) is 0 Å². The minimum atomic E-state index is -1.02. The number of anilines is 2. The number of carbonyl (C=O) groups is 2. The Morgan fingerprint density at radius 3 is 2.46 bits per heavy atom. The van der Waals surface area contributed by atoms with Crippen molar-refractivity contribution in [2.24, 2.45) is 10.7 Å². The summed E-state index contributed by atoms with van der Waals surface area (Å²) >= 11 is 7.17. The number of nitro groups is 1. The van der Waals surface area contributed by atoms with Gasteiger partial charge in [0.25, 0.3) is 11.6 Å². The Labute approximate surface area is 233 Å². The summed E-state index contributed by atoms with van der Waals surface area (Å²) in [6, 6.07) is 13.0. The van der Waals surface area contributed by atoms with E-state index in [1.165, 1.54) is 18.4 Å². The Balaban J connectivity index is 1.67. The maximum atomic E-state index is 13.6. The van der Waals surface area contributed by atoms with Gasteiger partial charge in [0.05, 0.1) is 34.0 Å². The predicted molar refractivity (Wildman–Crippen MR) is 153 cm³/mol. The van der Waals surface area contributed by atoms with Gasteiger partial charge in [-0.1, -0.05) is 55.4 Å². The van der Waals surface area contributed by atoms with E-state index in [1.807, 2.05) is 32.0 Å². The van der Waals surface area contributed by atoms with Crippen LogP contribution in [0.15, 0.2) is 75.5 Å². The van der Waals surface area contributed by atoms with Gasteiger partial charge in [-0.15, -0.1) is 0 Å². The minimum Gasteiger partial charge on any atom is -0.467 e. The summed E-state index contributed by atoms with van der Waals surface area (Å²) in [5.74, 6) is -0.517. The fourth-order valence-corrected chi connectivity index (χ4v) is 5.35. The molecule has 4 N–H and O–H groups in total. The van der Waals surface area contributed by atoms with E-state index in [2.05, 4.69) is 15.6 Å². The normalized spacial score (nSPS) is 16.0. The number of hydrogen-bond donors (Lipinski definition) is 3. The third-order valence-corrected chi connectivity index (χ3v) is 7.68. The summed E-state index contributed by atoms with van der Waals surface area (Å²) in [7, 11) is 0. The maximum absolute atomic E-state index is 13.6. The first kappa shape index (κ1) is 27.9. The van der Waals surface area contributed by atoms with Crippen molar-refractivity contribution in [1.29, 1.82) is 0 Å². The molecule has 0 aliphatic carbocycles. The third-order valence-electron chi connectivity index (χ3n) is 6.09. The van der Waals surface area contributed by atoms with E-state index in [-0.39, 0.29) is 39.3 Å². The molecule has 2 aromatic carbocycles. The van der Waals surface area contributed by atoms with E-state index in [0.29, 0.717) is 24.3 Å². The molecule has 0 saturated heterocycles. The smallest absolute Gasteiger partial charge is 0.271 e. The van der Waals surface area contributed by atoms with E-state index >= 15 is 0 Å². The molecule has 0 radical (unpaired) electrons. The molecule has 2 amide bonds. The van der Waals surface area contributed by atoms with Gasteiger partial charge in [0.2, 0.25) is 5.91 Å². The van der Waals surface area contributed by atoms with Crippen molar-refractivity contribution in [3.05, 3.63) is 98.1 Å². The van der Waals surface area contributed by atoms with Crippen molar-refractivity contribution in [1.82, 2.24) is 0 Å². The first-order chi connectivity index (χ1) is 18.7. The highest BCUT2D eigenvalue weighted by Gasteiger charge is 2.39. The Bertz CT molecular complexity index is 1460. The van der Waals surface area contributed by atoms with E-state index in [1.54, 1.807) is 12.1 Å². The van der Waals surface area contributed by atoms with Crippen molar-refractivity contribution < 1.29 is 18.9 Å². The van der Waals surface area contributed by atoms with Crippen LogP contribution in [0.4, 0.5) is 17.1 Å². The number of rotatable bonds is 9. The highest BCUT2D eigenvalue weighted by molar-refractivity contribution is 8.16. The zero-order chi connectivity index (χ0) is 28.1. The quantitative estimate of drug-likeness (QED) is 0.229. The predicted octanol–water partition coefficient (Wildman–Crippen LogP) is 5.47. The molecule has 1 aliphatic rings. The highest BCUT2D eigenvalue weighted by atomic mass is 35.5. The van der Waals surface area contributed by atoms with Crippen LogP contribution in [0, 0.1) is 10.1 Å². The summed E-state index contributed by atoms with van der Waals surface area (Å²) in [6.07, 6.45) is 2.93. The van der Waals surface area contributed by atoms with Crippen LogP contribution in [0.25, 0.3) is 0 Å². The average molecular weight is 568 g/mol. The lowest BCUT2D eigenvalue weighted by molar-refractivity contribution is -0.384. The summed E-state index contributed by atoms with van der Waals surface area (Å²) in [5, 5.41) is 16.1. The largest absolute Gasteiger partial charge is 0.467 e. The molecule has 39 heavy (non-hydrogen) atoms. The van der Waals surface area contributed by atoms with Crippen LogP contribution in [0.5, 0.6) is 0 Å². The van der Waals surface area contributed by atoms with Gasteiger partial charge in [0, 0.05) is 23.5 Å². The second-order valence-corrected chi connectivity index (χ2v) is 10.1. The number of nitro benzene ring substituents is 1. The lowest BCUT2D eigenvalue weighted by Crippen LogP contribution is -2.29. The number of furan rings is 1. The van der Waals surface area contributed by atoms with Crippen LogP contribution < -0.4 is 16.4 Å². The van der Waals surface area contributed by atoms with Crippen LogP contribution in [0.1, 0.15) is 30.7 Å². The number of thioether (sulfide) groups is 1. The molecule has 1 atom stereocenters. The standard InChI is InChI=1S/C27H26ClN5O5S/c1-3-15-7-5-8-16(4-2)23(15)32-25(34)21-22(29)24(39-27(21)30-14-18-9-6-12-38-18)26(35)31-20-13-17(33(36)37)10-11-19(20)28/h5-13,24H,3-4,14,29H2,1-2H3,(H,31,35)(H,32,34)/t24-/m1/s1. The van der Waals surface area contributed by atoms with Crippen molar-refractivity contribution in [2.75, 3.05) is 10.6 Å². The Kier molecular flexibility index (Phi) is 8.72. The number of halogens is 1. The number of aryl methyl sites for hydroxylation is 2. The van der Waals surface area contributed by atoms with Crippen molar-refractivity contribution in [3.8, 4) is 0 Å². The zero-order valence-electron chi connectivity index (χ0n) is 21.2. The van der Waals surface area contributed by atoms with Gasteiger partial charge in [-0.25, -0.2) is 0 Å². The number of aliphatic imine (C=N–C) groups is 1. The van der Waals surface area contributed by atoms with E-state index < -0.39 is 22.0 Å². The zero-order valence-corrected chi connectivity index (χ0v) is 22.8. The molecule has 0 spiro atoms. The molecular formula is C27H26ClN5O5S. The molecule has 202 valence electrons. The molecule has 12 heteroatoms. The molecule has 10 nitrogen and oxygen atoms in total. The van der Waals surface area contributed by atoms with E-state index in [9.17, 15) is 19.7 Å². The Morgan fingerprint density at radius 2 is 1.85 bits per heavy atom. The van der Waals surface area contributed by atoms with Gasteiger partial charge >= 0.3 is 0 Å². The van der Waals surface area contributed by atoms with E-state index in [0.717, 1.165) is 29.0 Å². The van der Waals surface area contributed by atoms with Crippen molar-refractivity contribution >= 4 is 57.3 Å². The van der Waals surface area contributed by atoms with Gasteiger partial charge < -0.3 is 20.8 Å². The first-order valence-electron chi connectivity index (χ1n) is 12.1. The van der Waals surface area contributed by atoms with Crippen LogP contribution in [0.2, 0.25) is 5.02 Å². The molecule has 0 fully saturated rings. The Morgan fingerprint density at radius 1 is 1.13 bits per heavy atom. The SMILES string of the molecule is CCc1cccc(CC)c1NC(=O)C1=C(N)[C@H](C(=O)Nc2cc([N+](=O)[O-])ccc2Cl)SC1=NCc1ccco1. The van der Waals surface area contributed by atoms with Gasteiger partial charge in [0.15, 0.2) is 0 Å². The number of non-ortho nitro benzene ring substituents is 1. The molecule has 1 aromatic heterocycles. The number of carbonyl (C=O) groups excluding carboxylic acids is 2. The average Bonchev–Trinajstić information content (AvgIpc) is 3.56. The second kappa shape index (κ2) is 12.2. The number of nitrogens with zero attached hydrogens (tertiary/aromatic N) is 2. The van der Waals surface area contributed by atoms with Crippen LogP contribution in [0.3, 0.4) is 0 Å². The molecule has 4 rings (SSSR count). The number of amides is 2. The van der Waals surface area contributed by atoms with Gasteiger partial charge in [-0.3, -0.25) is 24.7 Å². The third kappa shape index (κ3) is 6.15. The maximum Gasteiger partial charge on any atom is 0.271 e. The van der Waals surface area contributed by atoms with Crippen LogP contribution >= 0.6 is 23.4 Å². The summed E-state index contributed by atoms with van der Waals surface area (Å²) in [5.41, 5.74) is 8.99. The summed E-state index contributed by atoms with van der Waals surface area (Å²) < 4.78 is 5.36. The van der Waals surface area contributed by atoms with Gasteiger partial charge in [0.1, 0.15) is 16.1 Å². The lowest BCUT2D eigenvalue weighted by atomic mass is 10.0. The number of nitrogens with two attached hydrogens (primary N) is 1. The van der Waals surface area contributed by atoms with Crippen LogP contribution in [-0.2, 0) is 29.0 Å². The number of nitrogens with one attached hydrogen (secondary N) is 2. The monoisotopic (exact) mass is 567 g/mol. The topological polar surface area (TPSA) is 153 Å². The van der Waals surface area contributed by atoms with E-state index in [4.69, 9.17) is 21.8 Å². The summed E-state index contributed by atoms with van der Waals surface area (Å²) in [6.45, 7) is 4.13. The molecule has 3 aromatic rings. The fraction of sp³-hybridized carbons (Fsp3) is 0.222. The first-order valence-corrected chi connectivity index (χ1v) is 13.4. The summed E-state index contributed by atoms with van der Waals surface area (Å²) in [4.78, 5) is 42.0. The molecule has 0 saturated carbocycles. The molecule has 1 aliphatic heterocycles. The molecular weight excluding hydrogens is 542 g/mol. The number of benzene rings is 2. The second-order valence-electron chi connectivity index (χ2n) is 8.55. The van der Waals surface area contributed by atoms with Crippen molar-refractivity contribution in [3.63, 3.8) is 0 Å².